The summed E-state index contributed by atoms with van der Waals surface area (Å²) in [7, 11) is 0. The van der Waals surface area contributed by atoms with Crippen molar-refractivity contribution in [1.29, 1.82) is 0 Å². The van der Waals surface area contributed by atoms with E-state index in [-0.39, 0.29) is 12.1 Å². The van der Waals surface area contributed by atoms with Crippen molar-refractivity contribution in [2.45, 2.75) is 103 Å². The van der Waals surface area contributed by atoms with Crippen LogP contribution in [-0.2, 0) is 9.53 Å². The van der Waals surface area contributed by atoms with E-state index in [9.17, 15) is 4.79 Å². The highest BCUT2D eigenvalue weighted by Crippen LogP contribution is 2.53. The molecular formula is C22H38O2. The van der Waals surface area contributed by atoms with Gasteiger partial charge < -0.3 is 4.74 Å². The minimum absolute atomic E-state index is 0.0501. The Hall–Kier alpha value is -0.530. The lowest BCUT2D eigenvalue weighted by atomic mass is 9.56. The Labute approximate surface area is 149 Å². The Morgan fingerprint density at radius 2 is 1.58 bits per heavy atom. The van der Waals surface area contributed by atoms with Gasteiger partial charge in [-0.1, -0.05) is 39.5 Å². The summed E-state index contributed by atoms with van der Waals surface area (Å²) in [4.78, 5) is 11.9. The van der Waals surface area contributed by atoms with Crippen molar-refractivity contribution >= 4 is 5.97 Å². The van der Waals surface area contributed by atoms with Crippen LogP contribution in [0.15, 0.2) is 0 Å². The molecule has 138 valence electrons. The van der Waals surface area contributed by atoms with E-state index < -0.39 is 0 Å². The molecule has 0 radical (unpaired) electrons. The molecule has 3 rings (SSSR count). The van der Waals surface area contributed by atoms with Gasteiger partial charge in [0.1, 0.15) is 6.10 Å². The highest BCUT2D eigenvalue weighted by atomic mass is 16.5. The third kappa shape index (κ3) is 4.35. The zero-order valence-electron chi connectivity index (χ0n) is 16.0. The van der Waals surface area contributed by atoms with Gasteiger partial charge >= 0.3 is 5.97 Å². The first-order valence-corrected chi connectivity index (χ1v) is 10.9. The first-order valence-electron chi connectivity index (χ1n) is 10.9. The van der Waals surface area contributed by atoms with Crippen LogP contribution in [0.1, 0.15) is 97.3 Å². The molecule has 0 aliphatic heterocycles. The molecule has 0 saturated heterocycles. The minimum Gasteiger partial charge on any atom is -0.462 e. The van der Waals surface area contributed by atoms with Crippen LogP contribution in [0.5, 0.6) is 0 Å². The van der Waals surface area contributed by atoms with Gasteiger partial charge in [0, 0.05) is 6.42 Å². The van der Waals surface area contributed by atoms with Crippen LogP contribution in [0.3, 0.4) is 0 Å². The normalized spacial score (nSPS) is 38.9. The van der Waals surface area contributed by atoms with Gasteiger partial charge in [0.2, 0.25) is 0 Å². The average Bonchev–Trinajstić information content (AvgIpc) is 2.59. The van der Waals surface area contributed by atoms with Crippen molar-refractivity contribution < 1.29 is 9.53 Å². The first-order chi connectivity index (χ1) is 11.7. The van der Waals surface area contributed by atoms with Crippen LogP contribution in [0.2, 0.25) is 0 Å². The maximum Gasteiger partial charge on any atom is 0.306 e. The lowest BCUT2D eigenvalue weighted by Gasteiger charge is -2.50. The molecule has 3 aliphatic carbocycles. The van der Waals surface area contributed by atoms with Crippen LogP contribution in [0.25, 0.3) is 0 Å². The third-order valence-corrected chi connectivity index (χ3v) is 7.33. The Bertz CT molecular complexity index is 405. The van der Waals surface area contributed by atoms with Crippen LogP contribution >= 0.6 is 0 Å². The lowest BCUT2D eigenvalue weighted by molar-refractivity contribution is -0.153. The Balaban J connectivity index is 1.49. The second-order valence-corrected chi connectivity index (χ2v) is 8.92. The zero-order valence-corrected chi connectivity index (χ0v) is 16.0. The highest BCUT2D eigenvalue weighted by Gasteiger charge is 2.44. The van der Waals surface area contributed by atoms with Gasteiger partial charge in [-0.25, -0.2) is 0 Å². The summed E-state index contributed by atoms with van der Waals surface area (Å²) in [6.07, 6.45) is 16.6. The summed E-state index contributed by atoms with van der Waals surface area (Å²) in [5, 5.41) is 0. The van der Waals surface area contributed by atoms with Crippen LogP contribution in [-0.4, -0.2) is 12.1 Å². The second-order valence-electron chi connectivity index (χ2n) is 8.92. The van der Waals surface area contributed by atoms with Crippen LogP contribution < -0.4 is 0 Å². The summed E-state index contributed by atoms with van der Waals surface area (Å²) >= 11 is 0. The number of unbranched alkanes of at least 4 members (excludes halogenated alkanes) is 1. The fourth-order valence-corrected chi connectivity index (χ4v) is 6.19. The van der Waals surface area contributed by atoms with Crippen molar-refractivity contribution in [3.05, 3.63) is 0 Å². The molecule has 3 saturated carbocycles. The summed E-state index contributed by atoms with van der Waals surface area (Å²) in [6, 6.07) is 0. The summed E-state index contributed by atoms with van der Waals surface area (Å²) in [5.41, 5.74) is 0. The molecule has 0 spiro atoms. The lowest BCUT2D eigenvalue weighted by Crippen LogP contribution is -2.43. The van der Waals surface area contributed by atoms with Crippen molar-refractivity contribution in [2.75, 3.05) is 0 Å². The fourth-order valence-electron chi connectivity index (χ4n) is 6.19. The molecule has 0 bridgehead atoms. The van der Waals surface area contributed by atoms with E-state index in [0.29, 0.717) is 6.42 Å². The number of rotatable bonds is 6. The third-order valence-electron chi connectivity index (χ3n) is 7.33. The standard InChI is InChI=1S/C22H38O2/c1-3-5-7-22(23)24-19-11-13-21-18(15-19)10-9-17-14-16(6-4-2)8-12-20(17)21/h16-21H,3-15H2,1-2H3/t16-,17?,18?,19-,20?,21?/m0/s1. The molecule has 0 aromatic heterocycles. The van der Waals surface area contributed by atoms with Crippen LogP contribution in [0.4, 0.5) is 0 Å². The SMILES string of the molecule is CCCCC(=O)O[C@H]1CCC2C(CCC3C[C@@H](CCC)CCC32)C1. The monoisotopic (exact) mass is 334 g/mol. The topological polar surface area (TPSA) is 26.3 Å². The molecule has 0 aromatic rings. The number of ether oxygens (including phenoxy) is 1. The van der Waals surface area contributed by atoms with Crippen molar-refractivity contribution in [3.63, 3.8) is 0 Å². The predicted octanol–water partition coefficient (Wildman–Crippen LogP) is 6.13. The second kappa shape index (κ2) is 8.72. The quantitative estimate of drug-likeness (QED) is 0.546. The van der Waals surface area contributed by atoms with Gasteiger partial charge in [0.05, 0.1) is 0 Å². The number of esters is 1. The molecule has 0 aromatic carbocycles. The average molecular weight is 335 g/mol. The van der Waals surface area contributed by atoms with Gasteiger partial charge in [-0.05, 0) is 81.0 Å². The van der Waals surface area contributed by atoms with Gasteiger partial charge in [-0.2, -0.15) is 0 Å². The van der Waals surface area contributed by atoms with Gasteiger partial charge in [-0.3, -0.25) is 4.79 Å². The van der Waals surface area contributed by atoms with E-state index in [1.165, 1.54) is 51.4 Å². The summed E-state index contributed by atoms with van der Waals surface area (Å²) in [5.74, 6) is 4.86. The summed E-state index contributed by atoms with van der Waals surface area (Å²) < 4.78 is 5.79. The first kappa shape index (κ1) is 18.3. The highest BCUT2D eigenvalue weighted by molar-refractivity contribution is 5.69. The van der Waals surface area contributed by atoms with E-state index in [0.717, 1.165) is 55.3 Å². The molecular weight excluding hydrogens is 296 g/mol. The molecule has 0 amide bonds. The Morgan fingerprint density at radius 1 is 0.875 bits per heavy atom. The smallest absolute Gasteiger partial charge is 0.306 e. The van der Waals surface area contributed by atoms with Crippen molar-refractivity contribution in [1.82, 2.24) is 0 Å². The van der Waals surface area contributed by atoms with E-state index >= 15 is 0 Å². The molecule has 3 fully saturated rings. The van der Waals surface area contributed by atoms with Crippen molar-refractivity contribution in [2.24, 2.45) is 29.6 Å². The molecule has 6 atom stereocenters. The molecule has 0 heterocycles. The van der Waals surface area contributed by atoms with Crippen molar-refractivity contribution in [3.8, 4) is 0 Å². The van der Waals surface area contributed by atoms with Gasteiger partial charge in [-0.15, -0.1) is 0 Å². The maximum atomic E-state index is 11.9. The van der Waals surface area contributed by atoms with E-state index in [1.807, 2.05) is 0 Å². The van der Waals surface area contributed by atoms with Crippen LogP contribution in [0, 0.1) is 29.6 Å². The molecule has 2 heteroatoms. The molecule has 2 nitrogen and oxygen atoms in total. The van der Waals surface area contributed by atoms with Gasteiger partial charge in [0.15, 0.2) is 0 Å². The molecule has 3 aliphatic rings. The number of carbonyl (C=O) groups excluding carboxylic acids is 1. The number of hydrogen-bond acceptors (Lipinski definition) is 2. The number of carbonyl (C=O) groups is 1. The van der Waals surface area contributed by atoms with E-state index in [4.69, 9.17) is 4.74 Å². The van der Waals surface area contributed by atoms with Gasteiger partial charge in [0.25, 0.3) is 0 Å². The maximum absolute atomic E-state index is 11.9. The predicted molar refractivity (Wildman–Crippen MR) is 98.7 cm³/mol. The molecule has 24 heavy (non-hydrogen) atoms. The number of hydrogen-bond donors (Lipinski definition) is 0. The number of fused-ring (bicyclic) bond motifs is 3. The van der Waals surface area contributed by atoms with E-state index in [1.54, 1.807) is 0 Å². The zero-order chi connectivity index (χ0) is 16.9. The Kier molecular flexibility index (Phi) is 6.63. The molecule has 4 unspecified atom stereocenters. The summed E-state index contributed by atoms with van der Waals surface area (Å²) in [6.45, 7) is 4.47. The minimum atomic E-state index is 0.0501. The largest absolute Gasteiger partial charge is 0.462 e. The molecule has 0 N–H and O–H groups in total. The fraction of sp³-hybridized carbons (Fsp3) is 0.955. The van der Waals surface area contributed by atoms with E-state index in [2.05, 4.69) is 13.8 Å². The Morgan fingerprint density at radius 3 is 2.29 bits per heavy atom.